The quantitative estimate of drug-likeness (QED) is 0.594. The number of amides is 2. The summed E-state index contributed by atoms with van der Waals surface area (Å²) in [7, 11) is 0. The third kappa shape index (κ3) is 5.89. The number of aryl methyl sites for hydroxylation is 1. The van der Waals surface area contributed by atoms with E-state index in [1.54, 1.807) is 47.7 Å². The number of ether oxygens (including phenoxy) is 1. The molecule has 2 amide bonds. The highest BCUT2D eigenvalue weighted by Crippen LogP contribution is 2.16. The van der Waals surface area contributed by atoms with Crippen LogP contribution >= 0.6 is 11.3 Å². The van der Waals surface area contributed by atoms with Crippen LogP contribution in [0.3, 0.4) is 0 Å². The van der Waals surface area contributed by atoms with Gasteiger partial charge < -0.3 is 15.4 Å². The predicted molar refractivity (Wildman–Crippen MR) is 113 cm³/mol. The number of benzene rings is 2. The van der Waals surface area contributed by atoms with Crippen molar-refractivity contribution in [3.05, 3.63) is 81.3 Å². The van der Waals surface area contributed by atoms with Crippen LogP contribution in [0.4, 0.5) is 0 Å². The highest BCUT2D eigenvalue weighted by atomic mass is 32.1. The summed E-state index contributed by atoms with van der Waals surface area (Å²) >= 11 is 1.58. The molecule has 3 rings (SSSR count). The van der Waals surface area contributed by atoms with E-state index >= 15 is 0 Å². The number of rotatable bonds is 8. The largest absolute Gasteiger partial charge is 0.487 e. The van der Waals surface area contributed by atoms with Crippen LogP contribution in [0.1, 0.15) is 43.9 Å². The van der Waals surface area contributed by atoms with Crippen LogP contribution in [-0.2, 0) is 13.2 Å². The Morgan fingerprint density at radius 2 is 1.76 bits per heavy atom. The number of hydrogen-bond donors (Lipinski definition) is 2. The fourth-order valence-electron chi connectivity index (χ4n) is 2.73. The van der Waals surface area contributed by atoms with Crippen LogP contribution < -0.4 is 15.4 Å². The minimum absolute atomic E-state index is 0.124. The number of carbonyl (C=O) groups is 2. The summed E-state index contributed by atoms with van der Waals surface area (Å²) in [5.74, 6) is 0.283. The maximum atomic E-state index is 12.5. The van der Waals surface area contributed by atoms with E-state index in [-0.39, 0.29) is 11.8 Å². The molecule has 3 aromatic rings. The molecule has 0 aliphatic heterocycles. The van der Waals surface area contributed by atoms with Crippen LogP contribution in [0, 0.1) is 6.92 Å². The molecule has 7 heteroatoms. The van der Waals surface area contributed by atoms with E-state index in [1.807, 2.05) is 31.4 Å². The first kappa shape index (κ1) is 20.5. The summed E-state index contributed by atoms with van der Waals surface area (Å²) in [5.41, 5.74) is 2.81. The van der Waals surface area contributed by atoms with Crippen LogP contribution in [0.15, 0.2) is 53.9 Å². The van der Waals surface area contributed by atoms with Crippen LogP contribution in [0.25, 0.3) is 0 Å². The third-order valence-corrected chi connectivity index (χ3v) is 4.95. The molecule has 1 heterocycles. The van der Waals surface area contributed by atoms with Crippen LogP contribution in [-0.4, -0.2) is 23.3 Å². The van der Waals surface area contributed by atoms with Gasteiger partial charge in [-0.3, -0.25) is 9.59 Å². The normalized spacial score (nSPS) is 10.4. The minimum Gasteiger partial charge on any atom is -0.487 e. The molecule has 0 spiro atoms. The molecule has 2 aromatic carbocycles. The monoisotopic (exact) mass is 409 g/mol. The molecule has 2 N–H and O–H groups in total. The second-order valence-corrected chi connectivity index (χ2v) is 7.48. The summed E-state index contributed by atoms with van der Waals surface area (Å²) in [5, 5.41) is 8.60. The molecule has 0 bridgehead atoms. The van der Waals surface area contributed by atoms with Crippen molar-refractivity contribution in [3.63, 3.8) is 0 Å². The van der Waals surface area contributed by atoms with Crippen molar-refractivity contribution in [2.75, 3.05) is 6.54 Å². The number of carbonyl (C=O) groups excluding carboxylic acids is 2. The van der Waals surface area contributed by atoms with Gasteiger partial charge in [-0.1, -0.05) is 18.2 Å². The Hall–Kier alpha value is -3.19. The number of aromatic nitrogens is 1. The first-order valence-corrected chi connectivity index (χ1v) is 10.2. The van der Waals surface area contributed by atoms with Crippen molar-refractivity contribution < 1.29 is 14.3 Å². The van der Waals surface area contributed by atoms with Crippen molar-refractivity contribution >= 4 is 23.2 Å². The Morgan fingerprint density at radius 1 is 1.03 bits per heavy atom. The van der Waals surface area contributed by atoms with Crippen molar-refractivity contribution in [3.8, 4) is 5.75 Å². The van der Waals surface area contributed by atoms with Gasteiger partial charge in [-0.2, -0.15) is 0 Å². The van der Waals surface area contributed by atoms with Crippen LogP contribution in [0.2, 0.25) is 0 Å². The molecule has 6 nitrogen and oxygen atoms in total. The Balaban J connectivity index is 1.58. The van der Waals surface area contributed by atoms with E-state index in [9.17, 15) is 9.59 Å². The van der Waals surface area contributed by atoms with Gasteiger partial charge in [-0.25, -0.2) is 4.98 Å². The lowest BCUT2D eigenvalue weighted by atomic mass is 10.1. The standard InChI is InChI=1S/C22H23N3O3S/c1-3-23-21(26)17-7-4-6-16(10-17)12-24-22(27)18-8-5-9-20(11-18)28-13-19-14-29-15(2)25-19/h4-11,14H,3,12-13H2,1-2H3,(H,23,26)(H,24,27). The van der Waals surface area contributed by atoms with E-state index in [0.717, 1.165) is 16.3 Å². The fourth-order valence-corrected chi connectivity index (χ4v) is 3.33. The maximum absolute atomic E-state index is 12.5. The lowest BCUT2D eigenvalue weighted by Gasteiger charge is -2.09. The van der Waals surface area contributed by atoms with Crippen molar-refractivity contribution in [1.82, 2.24) is 15.6 Å². The van der Waals surface area contributed by atoms with Gasteiger partial charge in [0.25, 0.3) is 11.8 Å². The summed E-state index contributed by atoms with van der Waals surface area (Å²) < 4.78 is 5.74. The minimum atomic E-state index is -0.205. The molecule has 0 fully saturated rings. The van der Waals surface area contributed by atoms with Crippen molar-refractivity contribution in [1.29, 1.82) is 0 Å². The van der Waals surface area contributed by atoms with Crippen molar-refractivity contribution in [2.45, 2.75) is 27.0 Å². The average molecular weight is 410 g/mol. The van der Waals surface area contributed by atoms with Gasteiger partial charge in [-0.05, 0) is 49.7 Å². The van der Waals surface area contributed by atoms with Gasteiger partial charge in [0.1, 0.15) is 12.4 Å². The highest BCUT2D eigenvalue weighted by molar-refractivity contribution is 7.09. The zero-order chi connectivity index (χ0) is 20.6. The molecule has 0 aliphatic rings. The Labute approximate surface area is 173 Å². The molecular formula is C22H23N3O3S. The molecular weight excluding hydrogens is 386 g/mol. The number of hydrogen-bond acceptors (Lipinski definition) is 5. The Morgan fingerprint density at radius 3 is 2.48 bits per heavy atom. The van der Waals surface area contributed by atoms with E-state index in [2.05, 4.69) is 15.6 Å². The van der Waals surface area contributed by atoms with E-state index in [4.69, 9.17) is 4.74 Å². The summed E-state index contributed by atoms with van der Waals surface area (Å²) in [6.07, 6.45) is 0. The van der Waals surface area contributed by atoms with E-state index in [1.165, 1.54) is 0 Å². The van der Waals surface area contributed by atoms with E-state index in [0.29, 0.717) is 36.6 Å². The van der Waals surface area contributed by atoms with Gasteiger partial charge >= 0.3 is 0 Å². The predicted octanol–water partition coefficient (Wildman–Crippen LogP) is 3.71. The lowest BCUT2D eigenvalue weighted by molar-refractivity contribution is 0.0946. The topological polar surface area (TPSA) is 80.3 Å². The molecule has 0 saturated carbocycles. The van der Waals surface area contributed by atoms with Gasteiger partial charge in [0.05, 0.1) is 10.7 Å². The first-order valence-electron chi connectivity index (χ1n) is 9.34. The van der Waals surface area contributed by atoms with Crippen LogP contribution in [0.5, 0.6) is 5.75 Å². The third-order valence-electron chi connectivity index (χ3n) is 4.13. The molecule has 1 aromatic heterocycles. The van der Waals surface area contributed by atoms with Gasteiger partial charge in [0.15, 0.2) is 0 Å². The fraction of sp³-hybridized carbons (Fsp3) is 0.227. The first-order chi connectivity index (χ1) is 14.0. The molecule has 0 saturated heterocycles. The molecule has 0 unspecified atom stereocenters. The second-order valence-electron chi connectivity index (χ2n) is 6.42. The maximum Gasteiger partial charge on any atom is 0.251 e. The Bertz CT molecular complexity index is 1000. The van der Waals surface area contributed by atoms with Gasteiger partial charge in [0.2, 0.25) is 0 Å². The molecule has 29 heavy (non-hydrogen) atoms. The molecule has 150 valence electrons. The number of nitrogens with one attached hydrogen (secondary N) is 2. The zero-order valence-electron chi connectivity index (χ0n) is 16.4. The zero-order valence-corrected chi connectivity index (χ0v) is 17.2. The summed E-state index contributed by atoms with van der Waals surface area (Å²) in [6.45, 7) is 5.08. The van der Waals surface area contributed by atoms with E-state index < -0.39 is 0 Å². The number of thiazole rings is 1. The van der Waals surface area contributed by atoms with Crippen molar-refractivity contribution in [2.24, 2.45) is 0 Å². The average Bonchev–Trinajstić information content (AvgIpc) is 3.16. The number of nitrogens with zero attached hydrogens (tertiary/aromatic N) is 1. The Kier molecular flexibility index (Phi) is 6.97. The second kappa shape index (κ2) is 9.84. The van der Waals surface area contributed by atoms with Gasteiger partial charge in [0, 0.05) is 29.6 Å². The molecule has 0 atom stereocenters. The summed E-state index contributed by atoms with van der Waals surface area (Å²) in [4.78, 5) is 28.8. The molecule has 0 aliphatic carbocycles. The SMILES string of the molecule is CCNC(=O)c1cccc(CNC(=O)c2cccc(OCc3csc(C)n3)c2)c1. The lowest BCUT2D eigenvalue weighted by Crippen LogP contribution is -2.24. The molecule has 0 radical (unpaired) electrons. The summed E-state index contributed by atoms with van der Waals surface area (Å²) in [6, 6.07) is 14.2. The highest BCUT2D eigenvalue weighted by Gasteiger charge is 2.09. The van der Waals surface area contributed by atoms with Gasteiger partial charge in [-0.15, -0.1) is 11.3 Å². The smallest absolute Gasteiger partial charge is 0.251 e.